The van der Waals surface area contributed by atoms with Gasteiger partial charge in [0, 0.05) is 5.75 Å². The summed E-state index contributed by atoms with van der Waals surface area (Å²) in [6.07, 6.45) is 0. The van der Waals surface area contributed by atoms with E-state index in [0.29, 0.717) is 11.7 Å². The minimum atomic E-state index is -0.464. The van der Waals surface area contributed by atoms with Crippen molar-refractivity contribution >= 4 is 34.4 Å². The second kappa shape index (κ2) is 4.84. The van der Waals surface area contributed by atoms with Crippen molar-refractivity contribution < 1.29 is 9.18 Å². The number of thioether (sulfide) groups is 1. The number of rotatable bonds is 1. The van der Waals surface area contributed by atoms with Gasteiger partial charge in [0.2, 0.25) is 0 Å². The summed E-state index contributed by atoms with van der Waals surface area (Å²) < 4.78 is 12.8. The van der Waals surface area contributed by atoms with Crippen LogP contribution in [0.4, 0.5) is 4.39 Å². The number of halogens is 2. The third kappa shape index (κ3) is 2.54. The first kappa shape index (κ1) is 11.4. The second-order valence-electron chi connectivity index (χ2n) is 3.11. The monoisotopic (exact) mass is 258 g/mol. The smallest absolute Gasteiger partial charge is 0.258 e. The minimum Gasteiger partial charge on any atom is -0.301 e. The van der Waals surface area contributed by atoms with Crippen molar-refractivity contribution in [2.75, 3.05) is 12.3 Å². The van der Waals surface area contributed by atoms with E-state index in [0.717, 1.165) is 11.8 Å². The van der Waals surface area contributed by atoms with E-state index in [1.165, 1.54) is 23.9 Å². The van der Waals surface area contributed by atoms with Crippen LogP contribution in [0.3, 0.4) is 0 Å². The van der Waals surface area contributed by atoms with Gasteiger partial charge in [0.1, 0.15) is 5.82 Å². The van der Waals surface area contributed by atoms with E-state index in [4.69, 9.17) is 11.6 Å². The SMILES string of the molecule is O=C(NC1=NCCS1)c1ccc(F)cc1Cl. The van der Waals surface area contributed by atoms with Crippen molar-refractivity contribution in [2.24, 2.45) is 4.99 Å². The Balaban J connectivity index is 2.14. The van der Waals surface area contributed by atoms with Gasteiger partial charge in [-0.25, -0.2) is 4.39 Å². The number of hydrogen-bond donors (Lipinski definition) is 1. The van der Waals surface area contributed by atoms with Crippen LogP contribution >= 0.6 is 23.4 Å². The highest BCUT2D eigenvalue weighted by molar-refractivity contribution is 8.14. The maximum Gasteiger partial charge on any atom is 0.258 e. The molecule has 0 fully saturated rings. The number of nitrogens with zero attached hydrogens (tertiary/aromatic N) is 1. The highest BCUT2D eigenvalue weighted by Crippen LogP contribution is 2.18. The summed E-state index contributed by atoms with van der Waals surface area (Å²) in [4.78, 5) is 15.8. The molecule has 2 rings (SSSR count). The van der Waals surface area contributed by atoms with E-state index in [1.807, 2.05) is 0 Å². The van der Waals surface area contributed by atoms with Crippen molar-refractivity contribution in [2.45, 2.75) is 0 Å². The van der Waals surface area contributed by atoms with Gasteiger partial charge in [-0.1, -0.05) is 23.4 Å². The Morgan fingerprint density at radius 3 is 3.00 bits per heavy atom. The standard InChI is InChI=1S/C10H8ClFN2OS/c11-8-5-6(12)1-2-7(8)9(15)14-10-13-3-4-16-10/h1-2,5H,3-4H2,(H,13,14,15). The summed E-state index contributed by atoms with van der Waals surface area (Å²) in [5, 5.41) is 3.31. The van der Waals surface area contributed by atoms with Crippen LogP contribution in [0.1, 0.15) is 10.4 Å². The Labute approximate surface area is 101 Å². The van der Waals surface area contributed by atoms with E-state index in [1.54, 1.807) is 0 Å². The molecule has 0 saturated heterocycles. The van der Waals surface area contributed by atoms with Crippen LogP contribution in [0.15, 0.2) is 23.2 Å². The number of hydrogen-bond acceptors (Lipinski definition) is 3. The molecule has 84 valence electrons. The highest BCUT2D eigenvalue weighted by Gasteiger charge is 2.15. The molecule has 0 aliphatic carbocycles. The summed E-state index contributed by atoms with van der Waals surface area (Å²) in [5.74, 6) is 0.0412. The predicted octanol–water partition coefficient (Wildman–Crippen LogP) is 2.31. The van der Waals surface area contributed by atoms with Crippen LogP contribution in [0, 0.1) is 5.82 Å². The van der Waals surface area contributed by atoms with Crippen LogP contribution in [-0.2, 0) is 0 Å². The number of carbonyl (C=O) groups is 1. The maximum atomic E-state index is 12.8. The van der Waals surface area contributed by atoms with E-state index < -0.39 is 5.82 Å². The Kier molecular flexibility index (Phi) is 3.46. The second-order valence-corrected chi connectivity index (χ2v) is 4.60. The molecular formula is C10H8ClFN2OS. The summed E-state index contributed by atoms with van der Waals surface area (Å²) >= 11 is 7.24. The molecule has 1 aliphatic rings. The van der Waals surface area contributed by atoms with Gasteiger partial charge in [0.15, 0.2) is 5.17 Å². The zero-order valence-electron chi connectivity index (χ0n) is 8.17. The molecule has 1 N–H and O–H groups in total. The number of aliphatic imine (C=N–C) groups is 1. The molecule has 1 amide bonds. The zero-order valence-corrected chi connectivity index (χ0v) is 9.74. The molecular weight excluding hydrogens is 251 g/mol. The van der Waals surface area contributed by atoms with Gasteiger partial charge >= 0.3 is 0 Å². The van der Waals surface area contributed by atoms with E-state index in [-0.39, 0.29) is 16.5 Å². The first-order valence-electron chi connectivity index (χ1n) is 4.60. The lowest BCUT2D eigenvalue weighted by atomic mass is 10.2. The third-order valence-electron chi connectivity index (χ3n) is 1.98. The number of carbonyl (C=O) groups excluding carboxylic acids is 1. The van der Waals surface area contributed by atoms with Gasteiger partial charge in [0.05, 0.1) is 17.1 Å². The summed E-state index contributed by atoms with van der Waals surface area (Å²) in [6, 6.07) is 3.66. The molecule has 0 radical (unpaired) electrons. The number of nitrogens with one attached hydrogen (secondary N) is 1. The lowest BCUT2D eigenvalue weighted by molar-refractivity contribution is 0.0978. The molecule has 0 saturated carbocycles. The van der Waals surface area contributed by atoms with Crippen LogP contribution in [0.2, 0.25) is 5.02 Å². The molecule has 6 heteroatoms. The average molecular weight is 259 g/mol. The lowest BCUT2D eigenvalue weighted by Crippen LogP contribution is -2.27. The Hall–Kier alpha value is -1.07. The minimum absolute atomic E-state index is 0.0982. The molecule has 3 nitrogen and oxygen atoms in total. The van der Waals surface area contributed by atoms with E-state index in [9.17, 15) is 9.18 Å². The van der Waals surface area contributed by atoms with Crippen molar-refractivity contribution in [3.05, 3.63) is 34.6 Å². The Morgan fingerprint density at radius 2 is 2.38 bits per heavy atom. The molecule has 1 heterocycles. The molecule has 0 unspecified atom stereocenters. The highest BCUT2D eigenvalue weighted by atomic mass is 35.5. The van der Waals surface area contributed by atoms with Crippen molar-refractivity contribution in [3.63, 3.8) is 0 Å². The zero-order chi connectivity index (χ0) is 11.5. The number of amidine groups is 1. The van der Waals surface area contributed by atoms with Crippen LogP contribution in [0.25, 0.3) is 0 Å². The third-order valence-corrected chi connectivity index (χ3v) is 3.19. The molecule has 0 spiro atoms. The largest absolute Gasteiger partial charge is 0.301 e. The van der Waals surface area contributed by atoms with Crippen molar-refractivity contribution in [3.8, 4) is 0 Å². The average Bonchev–Trinajstić information content (AvgIpc) is 2.70. The van der Waals surface area contributed by atoms with Gasteiger partial charge in [-0.3, -0.25) is 9.79 Å². The van der Waals surface area contributed by atoms with Gasteiger partial charge in [-0.05, 0) is 18.2 Å². The predicted molar refractivity (Wildman–Crippen MR) is 63.6 cm³/mol. The van der Waals surface area contributed by atoms with Gasteiger partial charge in [-0.2, -0.15) is 0 Å². The molecule has 1 aliphatic heterocycles. The normalized spacial score (nSPS) is 14.8. The van der Waals surface area contributed by atoms with Crippen molar-refractivity contribution in [1.82, 2.24) is 5.32 Å². The van der Waals surface area contributed by atoms with Crippen LogP contribution in [0.5, 0.6) is 0 Å². The van der Waals surface area contributed by atoms with Gasteiger partial charge in [-0.15, -0.1) is 0 Å². The molecule has 16 heavy (non-hydrogen) atoms. The van der Waals surface area contributed by atoms with E-state index in [2.05, 4.69) is 10.3 Å². The van der Waals surface area contributed by atoms with E-state index >= 15 is 0 Å². The fourth-order valence-corrected chi connectivity index (χ4v) is 2.23. The quantitative estimate of drug-likeness (QED) is 0.840. The summed E-state index contributed by atoms with van der Waals surface area (Å²) in [6.45, 7) is 0.706. The lowest BCUT2D eigenvalue weighted by Gasteiger charge is -2.05. The Bertz CT molecular complexity index is 464. The van der Waals surface area contributed by atoms with Gasteiger partial charge < -0.3 is 5.32 Å². The maximum absolute atomic E-state index is 12.8. The number of amides is 1. The van der Waals surface area contributed by atoms with Crippen LogP contribution in [-0.4, -0.2) is 23.4 Å². The summed E-state index contributed by atoms with van der Waals surface area (Å²) in [5.41, 5.74) is 0.248. The molecule has 0 atom stereocenters. The fourth-order valence-electron chi connectivity index (χ4n) is 1.25. The molecule has 1 aromatic rings. The summed E-state index contributed by atoms with van der Waals surface area (Å²) in [7, 11) is 0. The Morgan fingerprint density at radius 1 is 1.56 bits per heavy atom. The van der Waals surface area contributed by atoms with Crippen molar-refractivity contribution in [1.29, 1.82) is 0 Å². The first-order chi connectivity index (χ1) is 7.66. The van der Waals surface area contributed by atoms with Crippen LogP contribution < -0.4 is 5.32 Å². The fraction of sp³-hybridized carbons (Fsp3) is 0.200. The molecule has 0 aromatic heterocycles. The topological polar surface area (TPSA) is 41.5 Å². The molecule has 0 bridgehead atoms. The number of benzene rings is 1. The van der Waals surface area contributed by atoms with Gasteiger partial charge in [0.25, 0.3) is 5.91 Å². The molecule has 1 aromatic carbocycles. The first-order valence-corrected chi connectivity index (χ1v) is 5.97.